The molecule has 1 saturated heterocycles. The topological polar surface area (TPSA) is 65.6 Å². The SMILES string of the molecule is CCOC1=CC(c2[nH]c3ccccc3c2CCN2CCOCC2)=N/C1=C\c1[nH]c(C)cc1C. The molecule has 2 aliphatic rings. The number of H-pyrrole nitrogens is 2. The lowest BCUT2D eigenvalue weighted by Gasteiger charge is -2.26. The van der Waals surface area contributed by atoms with Gasteiger partial charge in [-0.3, -0.25) is 4.90 Å². The Morgan fingerprint density at radius 3 is 2.73 bits per heavy atom. The molecule has 0 amide bonds. The van der Waals surface area contributed by atoms with Gasteiger partial charge in [-0.2, -0.15) is 0 Å². The molecule has 0 atom stereocenters. The number of aromatic nitrogens is 2. The fraction of sp³-hybridized carbons (Fsp3) is 0.370. The van der Waals surface area contributed by atoms with Gasteiger partial charge in [0.15, 0.2) is 0 Å². The summed E-state index contributed by atoms with van der Waals surface area (Å²) in [5.74, 6) is 0.817. The molecule has 172 valence electrons. The van der Waals surface area contributed by atoms with E-state index >= 15 is 0 Å². The molecule has 0 radical (unpaired) electrons. The molecule has 33 heavy (non-hydrogen) atoms. The van der Waals surface area contributed by atoms with Gasteiger partial charge in [0, 0.05) is 48.0 Å². The quantitative estimate of drug-likeness (QED) is 0.553. The molecule has 0 aliphatic carbocycles. The molecule has 1 fully saturated rings. The normalized spacial score (nSPS) is 18.2. The van der Waals surface area contributed by atoms with Crippen LogP contribution in [0.25, 0.3) is 17.0 Å². The Hall–Kier alpha value is -3.09. The maximum Gasteiger partial charge on any atom is 0.147 e. The zero-order valence-corrected chi connectivity index (χ0v) is 19.7. The van der Waals surface area contributed by atoms with Gasteiger partial charge < -0.3 is 19.4 Å². The summed E-state index contributed by atoms with van der Waals surface area (Å²) in [4.78, 5) is 14.6. The number of benzene rings is 1. The molecule has 0 unspecified atom stereocenters. The van der Waals surface area contributed by atoms with Crippen LogP contribution < -0.4 is 0 Å². The summed E-state index contributed by atoms with van der Waals surface area (Å²) in [6, 6.07) is 10.7. The van der Waals surface area contributed by atoms with Crippen LogP contribution in [0.3, 0.4) is 0 Å². The average Bonchev–Trinajstić information content (AvgIpc) is 3.48. The number of aryl methyl sites for hydroxylation is 2. The summed E-state index contributed by atoms with van der Waals surface area (Å²) >= 11 is 0. The zero-order chi connectivity index (χ0) is 22.8. The van der Waals surface area contributed by atoms with Crippen LogP contribution in [0.4, 0.5) is 0 Å². The van der Waals surface area contributed by atoms with Crippen LogP contribution in [0.2, 0.25) is 0 Å². The van der Waals surface area contributed by atoms with Crippen molar-refractivity contribution in [3.05, 3.63) is 76.1 Å². The van der Waals surface area contributed by atoms with Crippen LogP contribution in [0.15, 0.2) is 52.9 Å². The molecule has 5 rings (SSSR count). The number of hydrogen-bond acceptors (Lipinski definition) is 4. The number of para-hydroxylation sites is 1. The Kier molecular flexibility index (Phi) is 6.20. The first-order valence-electron chi connectivity index (χ1n) is 11.8. The minimum absolute atomic E-state index is 0.602. The first-order chi connectivity index (χ1) is 16.1. The highest BCUT2D eigenvalue weighted by molar-refractivity contribution is 6.14. The maximum atomic E-state index is 5.98. The molecular weight excluding hydrogens is 412 g/mol. The van der Waals surface area contributed by atoms with Gasteiger partial charge >= 0.3 is 0 Å². The fourth-order valence-corrected chi connectivity index (χ4v) is 4.73. The lowest BCUT2D eigenvalue weighted by molar-refractivity contribution is 0.0385. The van der Waals surface area contributed by atoms with Gasteiger partial charge in [0.2, 0.25) is 0 Å². The highest BCUT2D eigenvalue weighted by Crippen LogP contribution is 2.30. The fourth-order valence-electron chi connectivity index (χ4n) is 4.73. The van der Waals surface area contributed by atoms with E-state index in [0.717, 1.165) is 79.0 Å². The van der Waals surface area contributed by atoms with Gasteiger partial charge in [-0.1, -0.05) is 18.2 Å². The predicted octanol–water partition coefficient (Wildman–Crippen LogP) is 4.75. The molecule has 0 spiro atoms. The first-order valence-corrected chi connectivity index (χ1v) is 11.8. The Bertz CT molecular complexity index is 1240. The van der Waals surface area contributed by atoms with Crippen molar-refractivity contribution in [2.45, 2.75) is 27.2 Å². The number of fused-ring (bicyclic) bond motifs is 1. The summed E-state index contributed by atoms with van der Waals surface area (Å²) in [6.07, 6.45) is 5.13. The van der Waals surface area contributed by atoms with E-state index in [1.807, 2.05) is 6.92 Å². The van der Waals surface area contributed by atoms with E-state index < -0.39 is 0 Å². The lowest BCUT2D eigenvalue weighted by atomic mass is 10.0. The molecule has 6 nitrogen and oxygen atoms in total. The van der Waals surface area contributed by atoms with Crippen molar-refractivity contribution in [3.63, 3.8) is 0 Å². The summed E-state index contributed by atoms with van der Waals surface area (Å²) in [5.41, 5.74) is 8.75. The minimum Gasteiger partial charge on any atom is -0.492 e. The third-order valence-corrected chi connectivity index (χ3v) is 6.38. The standard InChI is InChI=1S/C27H32N4O2/c1-4-33-26-17-25(29-24(26)16-23-18(2)15-19(3)28-23)27-21(9-10-31-11-13-32-14-12-31)20-7-5-6-8-22(20)30-27/h5-8,15-17,28,30H,4,9-14H2,1-3H3/b24-16-. The van der Waals surface area contributed by atoms with Crippen molar-refractivity contribution in [1.82, 2.24) is 14.9 Å². The molecule has 4 heterocycles. The van der Waals surface area contributed by atoms with E-state index in [4.69, 9.17) is 14.5 Å². The second-order valence-electron chi connectivity index (χ2n) is 8.75. The molecule has 2 aromatic heterocycles. The molecule has 0 bridgehead atoms. The Balaban J connectivity index is 1.52. The van der Waals surface area contributed by atoms with Crippen LogP contribution in [0, 0.1) is 13.8 Å². The number of nitrogens with zero attached hydrogens (tertiary/aromatic N) is 2. The summed E-state index contributed by atoms with van der Waals surface area (Å²) < 4.78 is 11.5. The predicted molar refractivity (Wildman–Crippen MR) is 134 cm³/mol. The maximum absolute atomic E-state index is 5.98. The van der Waals surface area contributed by atoms with Crippen molar-refractivity contribution in [2.24, 2.45) is 4.99 Å². The van der Waals surface area contributed by atoms with E-state index in [0.29, 0.717) is 6.61 Å². The van der Waals surface area contributed by atoms with Gasteiger partial charge in [0.1, 0.15) is 11.5 Å². The number of ether oxygens (including phenoxy) is 2. The molecular formula is C27H32N4O2. The Morgan fingerprint density at radius 1 is 1.15 bits per heavy atom. The number of morpholine rings is 1. The third kappa shape index (κ3) is 4.54. The van der Waals surface area contributed by atoms with Crippen LogP contribution >= 0.6 is 0 Å². The Morgan fingerprint density at radius 2 is 1.97 bits per heavy atom. The molecule has 1 aromatic carbocycles. The molecule has 2 aliphatic heterocycles. The number of nitrogens with one attached hydrogen (secondary N) is 2. The second kappa shape index (κ2) is 9.41. The minimum atomic E-state index is 0.602. The number of aliphatic imine (C=N–C) groups is 1. The average molecular weight is 445 g/mol. The monoisotopic (exact) mass is 444 g/mol. The highest BCUT2D eigenvalue weighted by atomic mass is 16.5. The first kappa shape index (κ1) is 21.7. The van der Waals surface area contributed by atoms with Crippen LogP contribution in [0.1, 0.15) is 35.1 Å². The van der Waals surface area contributed by atoms with Crippen molar-refractivity contribution in [1.29, 1.82) is 0 Å². The van der Waals surface area contributed by atoms with Gasteiger partial charge in [0.25, 0.3) is 0 Å². The van der Waals surface area contributed by atoms with Crippen molar-refractivity contribution >= 4 is 22.7 Å². The van der Waals surface area contributed by atoms with E-state index in [-0.39, 0.29) is 0 Å². The number of allylic oxidation sites excluding steroid dienone is 1. The number of rotatable bonds is 7. The van der Waals surface area contributed by atoms with Gasteiger partial charge in [-0.15, -0.1) is 0 Å². The molecule has 6 heteroatoms. The molecule has 3 aromatic rings. The number of aromatic amines is 2. The van der Waals surface area contributed by atoms with Crippen molar-refractivity contribution < 1.29 is 9.47 Å². The summed E-state index contributed by atoms with van der Waals surface area (Å²) in [6.45, 7) is 11.4. The van der Waals surface area contributed by atoms with Gasteiger partial charge in [-0.25, -0.2) is 4.99 Å². The van der Waals surface area contributed by atoms with Crippen LogP contribution in [-0.2, 0) is 15.9 Å². The summed E-state index contributed by atoms with van der Waals surface area (Å²) in [7, 11) is 0. The highest BCUT2D eigenvalue weighted by Gasteiger charge is 2.23. The zero-order valence-electron chi connectivity index (χ0n) is 19.7. The number of hydrogen-bond donors (Lipinski definition) is 2. The van der Waals surface area contributed by atoms with Crippen molar-refractivity contribution in [2.75, 3.05) is 39.5 Å². The van der Waals surface area contributed by atoms with Gasteiger partial charge in [0.05, 0.1) is 31.2 Å². The van der Waals surface area contributed by atoms with E-state index in [1.54, 1.807) is 0 Å². The smallest absolute Gasteiger partial charge is 0.147 e. The lowest BCUT2D eigenvalue weighted by Crippen LogP contribution is -2.37. The largest absolute Gasteiger partial charge is 0.492 e. The second-order valence-corrected chi connectivity index (χ2v) is 8.75. The Labute approximate surface area is 195 Å². The molecule has 0 saturated carbocycles. The van der Waals surface area contributed by atoms with Gasteiger partial charge in [-0.05, 0) is 56.5 Å². The van der Waals surface area contributed by atoms with E-state index in [9.17, 15) is 0 Å². The van der Waals surface area contributed by atoms with Crippen LogP contribution in [-0.4, -0.2) is 60.0 Å². The summed E-state index contributed by atoms with van der Waals surface area (Å²) in [5, 5.41) is 1.27. The molecule has 2 N–H and O–H groups in total. The van der Waals surface area contributed by atoms with Crippen molar-refractivity contribution in [3.8, 4) is 0 Å². The van der Waals surface area contributed by atoms with E-state index in [2.05, 4.69) is 71.2 Å². The third-order valence-electron chi connectivity index (χ3n) is 6.38. The van der Waals surface area contributed by atoms with E-state index in [1.165, 1.54) is 16.5 Å². The van der Waals surface area contributed by atoms with Crippen LogP contribution in [0.5, 0.6) is 0 Å².